The van der Waals surface area contributed by atoms with Crippen molar-refractivity contribution in [3.05, 3.63) is 71.7 Å². The molecule has 0 saturated carbocycles. The first kappa shape index (κ1) is 24.6. The maximum atomic E-state index is 14.7. The molecule has 1 fully saturated rings. The van der Waals surface area contributed by atoms with Crippen molar-refractivity contribution in [2.75, 3.05) is 32.1 Å². The molecule has 0 spiro atoms. The monoisotopic (exact) mass is 506 g/mol. The molecule has 1 aliphatic rings. The zero-order valence-electron chi connectivity index (χ0n) is 20.6. The van der Waals surface area contributed by atoms with Crippen molar-refractivity contribution in [2.45, 2.75) is 19.8 Å². The van der Waals surface area contributed by atoms with Crippen LogP contribution in [0.25, 0.3) is 16.9 Å². The van der Waals surface area contributed by atoms with Crippen LogP contribution in [-0.2, 0) is 0 Å². The second-order valence-corrected chi connectivity index (χ2v) is 9.11. The molecule has 4 aromatic rings. The summed E-state index contributed by atoms with van der Waals surface area (Å²) in [4.78, 5) is 21.5. The number of piperidine rings is 1. The average molecular weight is 507 g/mol. The van der Waals surface area contributed by atoms with Gasteiger partial charge in [0.05, 0.1) is 19.0 Å². The normalized spacial score (nSPS) is 14.1. The highest BCUT2D eigenvalue weighted by Crippen LogP contribution is 2.31. The van der Waals surface area contributed by atoms with Crippen molar-refractivity contribution in [1.29, 1.82) is 0 Å². The number of halogens is 2. The molecule has 10 heteroatoms. The van der Waals surface area contributed by atoms with E-state index >= 15 is 0 Å². The minimum Gasteiger partial charge on any atom is -0.494 e. The summed E-state index contributed by atoms with van der Waals surface area (Å²) in [5.41, 5.74) is 3.02. The smallest absolute Gasteiger partial charge is 0.251 e. The molecule has 1 amide bonds. The number of aryl methyl sites for hydroxylation is 1. The third-order valence-corrected chi connectivity index (χ3v) is 6.71. The Bertz CT molecular complexity index is 1450. The number of methoxy groups -OCH3 is 1. The van der Waals surface area contributed by atoms with E-state index in [1.807, 2.05) is 13.0 Å². The highest BCUT2D eigenvalue weighted by molar-refractivity contribution is 5.96. The predicted octanol–water partition coefficient (Wildman–Crippen LogP) is 4.46. The number of hydrogen-bond acceptors (Lipinski definition) is 6. The molecule has 3 heterocycles. The molecule has 0 aliphatic carbocycles. The first-order valence-corrected chi connectivity index (χ1v) is 12.2. The van der Waals surface area contributed by atoms with E-state index in [4.69, 9.17) is 4.74 Å². The number of nitrogens with zero attached hydrogens (tertiary/aromatic N) is 3. The van der Waals surface area contributed by atoms with Gasteiger partial charge in [-0.25, -0.2) is 14.4 Å². The van der Waals surface area contributed by atoms with Gasteiger partial charge in [0, 0.05) is 35.8 Å². The molecule has 192 valence electrons. The number of carbonyl (C=O) groups is 1. The number of imidazole rings is 1. The van der Waals surface area contributed by atoms with E-state index in [0.717, 1.165) is 37.2 Å². The van der Waals surface area contributed by atoms with E-state index in [9.17, 15) is 13.6 Å². The van der Waals surface area contributed by atoms with Gasteiger partial charge in [0.2, 0.25) is 5.82 Å². The number of benzene rings is 2. The van der Waals surface area contributed by atoms with Crippen LogP contribution in [0.15, 0.2) is 48.9 Å². The number of anilines is 2. The Balaban J connectivity index is 1.35. The Kier molecular flexibility index (Phi) is 7.00. The van der Waals surface area contributed by atoms with Crippen LogP contribution >= 0.6 is 0 Å². The van der Waals surface area contributed by atoms with Gasteiger partial charge in [0.25, 0.3) is 5.91 Å². The molecule has 3 N–H and O–H groups in total. The van der Waals surface area contributed by atoms with E-state index in [2.05, 4.69) is 25.9 Å². The summed E-state index contributed by atoms with van der Waals surface area (Å²) in [6.07, 6.45) is 6.78. The summed E-state index contributed by atoms with van der Waals surface area (Å²) in [6, 6.07) is 8.28. The van der Waals surface area contributed by atoms with Crippen LogP contribution in [0.5, 0.6) is 5.75 Å². The lowest BCUT2D eigenvalue weighted by molar-refractivity contribution is 0.0943. The third-order valence-electron chi connectivity index (χ3n) is 6.71. The van der Waals surface area contributed by atoms with Crippen molar-refractivity contribution in [2.24, 2.45) is 5.92 Å². The minimum atomic E-state index is -1.06. The molecule has 1 saturated heterocycles. The van der Waals surface area contributed by atoms with Crippen LogP contribution in [0.2, 0.25) is 0 Å². The molecule has 0 radical (unpaired) electrons. The van der Waals surface area contributed by atoms with Crippen molar-refractivity contribution in [1.82, 2.24) is 25.0 Å². The number of ether oxygens (including phenoxy) is 1. The largest absolute Gasteiger partial charge is 0.494 e. The third kappa shape index (κ3) is 4.97. The van der Waals surface area contributed by atoms with Gasteiger partial charge >= 0.3 is 0 Å². The molecule has 0 unspecified atom stereocenters. The minimum absolute atomic E-state index is 0.0543. The van der Waals surface area contributed by atoms with Crippen LogP contribution in [0, 0.1) is 24.5 Å². The summed E-state index contributed by atoms with van der Waals surface area (Å²) in [7, 11) is 1.28. The Hall–Kier alpha value is -4.05. The Morgan fingerprint density at radius 1 is 1.16 bits per heavy atom. The van der Waals surface area contributed by atoms with Crippen LogP contribution in [0.4, 0.5) is 20.3 Å². The molecule has 37 heavy (non-hydrogen) atoms. The fourth-order valence-electron chi connectivity index (χ4n) is 4.64. The van der Waals surface area contributed by atoms with Crippen LogP contribution in [0.1, 0.15) is 28.8 Å². The number of rotatable bonds is 7. The van der Waals surface area contributed by atoms with Gasteiger partial charge < -0.3 is 20.7 Å². The quantitative estimate of drug-likeness (QED) is 0.343. The number of amides is 1. The van der Waals surface area contributed by atoms with Crippen molar-refractivity contribution >= 4 is 23.1 Å². The fraction of sp³-hybridized carbons (Fsp3) is 0.296. The highest BCUT2D eigenvalue weighted by Gasteiger charge is 2.20. The topological polar surface area (TPSA) is 92.6 Å². The molecule has 2 aromatic heterocycles. The Morgan fingerprint density at radius 3 is 2.73 bits per heavy atom. The average Bonchev–Trinajstić information content (AvgIpc) is 3.34. The fourth-order valence-corrected chi connectivity index (χ4v) is 4.64. The van der Waals surface area contributed by atoms with Crippen LogP contribution in [-0.4, -0.2) is 47.0 Å². The van der Waals surface area contributed by atoms with Crippen molar-refractivity contribution in [3.63, 3.8) is 0 Å². The molecule has 1 aliphatic heterocycles. The Morgan fingerprint density at radius 2 is 1.97 bits per heavy atom. The van der Waals surface area contributed by atoms with Crippen molar-refractivity contribution in [3.8, 4) is 17.0 Å². The van der Waals surface area contributed by atoms with Gasteiger partial charge in [-0.05, 0) is 74.7 Å². The zero-order valence-corrected chi connectivity index (χ0v) is 20.6. The maximum absolute atomic E-state index is 14.7. The first-order valence-electron chi connectivity index (χ1n) is 12.2. The summed E-state index contributed by atoms with van der Waals surface area (Å²) in [5, 5.41) is 9.62. The molecule has 8 nitrogen and oxygen atoms in total. The molecule has 0 bridgehead atoms. The summed E-state index contributed by atoms with van der Waals surface area (Å²) < 4.78 is 35.5. The highest BCUT2D eigenvalue weighted by atomic mass is 19.2. The standard InChI is InChI=1S/C27H28F2N6O2/c1-16-13-18(3-4-19(16)27(36)33-14-17-7-9-30-10-8-17)34-25-26-32-15-21(35(26)12-11-31-25)20-5-6-22(37-2)24(29)23(20)28/h3-6,11-13,15,17,30H,7-10,14H2,1-2H3,(H,31,34)(H,33,36). The number of carbonyl (C=O) groups excluding carboxylic acids is 1. The van der Waals surface area contributed by atoms with Gasteiger partial charge in [-0.15, -0.1) is 0 Å². The summed E-state index contributed by atoms with van der Waals surface area (Å²) >= 11 is 0. The molecule has 5 rings (SSSR count). The lowest BCUT2D eigenvalue weighted by atomic mass is 9.98. The molecule has 0 atom stereocenters. The number of hydrogen-bond donors (Lipinski definition) is 3. The molecule has 2 aromatic carbocycles. The Labute approximate surface area is 213 Å². The van der Waals surface area contributed by atoms with E-state index in [-0.39, 0.29) is 17.2 Å². The molecular formula is C27H28F2N6O2. The lowest BCUT2D eigenvalue weighted by Crippen LogP contribution is -2.36. The van der Waals surface area contributed by atoms with Gasteiger partial charge in [-0.2, -0.15) is 4.39 Å². The lowest BCUT2D eigenvalue weighted by Gasteiger charge is -2.23. The van der Waals surface area contributed by atoms with Gasteiger partial charge in [-0.1, -0.05) is 0 Å². The molecular weight excluding hydrogens is 478 g/mol. The van der Waals surface area contributed by atoms with E-state index in [1.165, 1.54) is 25.4 Å². The SMILES string of the molecule is COc1ccc(-c2cnc3c(Nc4ccc(C(=O)NCC5CCNCC5)c(C)c4)nccn23)c(F)c1F. The van der Waals surface area contributed by atoms with E-state index in [1.54, 1.807) is 28.9 Å². The van der Waals surface area contributed by atoms with Gasteiger partial charge in [0.15, 0.2) is 23.0 Å². The predicted molar refractivity (Wildman–Crippen MR) is 137 cm³/mol. The van der Waals surface area contributed by atoms with Crippen LogP contribution in [0.3, 0.4) is 0 Å². The van der Waals surface area contributed by atoms with E-state index in [0.29, 0.717) is 35.2 Å². The zero-order chi connectivity index (χ0) is 25.9. The number of fused-ring (bicyclic) bond motifs is 1. The van der Waals surface area contributed by atoms with Crippen molar-refractivity contribution < 1.29 is 18.3 Å². The van der Waals surface area contributed by atoms with Crippen LogP contribution < -0.4 is 20.7 Å². The van der Waals surface area contributed by atoms with E-state index < -0.39 is 11.6 Å². The van der Waals surface area contributed by atoms with Gasteiger partial charge in [-0.3, -0.25) is 9.20 Å². The second kappa shape index (κ2) is 10.5. The number of aromatic nitrogens is 3. The van der Waals surface area contributed by atoms with Gasteiger partial charge in [0.1, 0.15) is 0 Å². The first-order chi connectivity index (χ1) is 18.0. The second-order valence-electron chi connectivity index (χ2n) is 9.11. The summed E-state index contributed by atoms with van der Waals surface area (Å²) in [6.45, 7) is 4.54. The number of nitrogens with one attached hydrogen (secondary N) is 3. The maximum Gasteiger partial charge on any atom is 0.251 e. The summed E-state index contributed by atoms with van der Waals surface area (Å²) in [5.74, 6) is -1.40.